The Morgan fingerprint density at radius 3 is 2.74 bits per heavy atom. The van der Waals surface area contributed by atoms with Gasteiger partial charge in [0.1, 0.15) is 5.69 Å². The minimum atomic E-state index is -1.01. The fourth-order valence-corrected chi connectivity index (χ4v) is 2.20. The molecule has 0 fully saturated rings. The first-order chi connectivity index (χ1) is 8.95. The predicted molar refractivity (Wildman–Crippen MR) is 71.2 cm³/mol. The molecule has 0 saturated carbocycles. The SMILES string of the molecule is CC[C@H](C)n1nc(C)c(-c2cc(C(=O)O)[nH]n2)c1C. The van der Waals surface area contributed by atoms with Crippen LogP contribution in [0.5, 0.6) is 0 Å². The molecule has 0 amide bonds. The second-order valence-corrected chi connectivity index (χ2v) is 4.72. The van der Waals surface area contributed by atoms with Crippen LogP contribution in [-0.4, -0.2) is 31.1 Å². The molecule has 2 heterocycles. The Balaban J connectivity index is 2.50. The summed E-state index contributed by atoms with van der Waals surface area (Å²) in [5.74, 6) is -1.01. The lowest BCUT2D eigenvalue weighted by Gasteiger charge is -2.11. The van der Waals surface area contributed by atoms with Crippen LogP contribution < -0.4 is 0 Å². The van der Waals surface area contributed by atoms with Gasteiger partial charge in [0.2, 0.25) is 0 Å². The van der Waals surface area contributed by atoms with Crippen molar-refractivity contribution in [1.29, 1.82) is 0 Å². The summed E-state index contributed by atoms with van der Waals surface area (Å²) in [6, 6.07) is 1.85. The summed E-state index contributed by atoms with van der Waals surface area (Å²) in [6.45, 7) is 8.11. The minimum absolute atomic E-state index is 0.0880. The second-order valence-electron chi connectivity index (χ2n) is 4.72. The molecule has 0 aliphatic rings. The van der Waals surface area contributed by atoms with E-state index in [9.17, 15) is 4.79 Å². The molecule has 6 nitrogen and oxygen atoms in total. The van der Waals surface area contributed by atoms with Gasteiger partial charge in [-0.1, -0.05) is 6.92 Å². The van der Waals surface area contributed by atoms with Crippen LogP contribution in [-0.2, 0) is 0 Å². The summed E-state index contributed by atoms with van der Waals surface area (Å²) in [5, 5.41) is 20.0. The molecule has 2 aromatic rings. The molecule has 19 heavy (non-hydrogen) atoms. The fourth-order valence-electron chi connectivity index (χ4n) is 2.20. The van der Waals surface area contributed by atoms with E-state index in [1.807, 2.05) is 18.5 Å². The third-order valence-corrected chi connectivity index (χ3v) is 3.40. The maximum Gasteiger partial charge on any atom is 0.353 e. The number of aryl methyl sites for hydroxylation is 1. The third-order valence-electron chi connectivity index (χ3n) is 3.40. The van der Waals surface area contributed by atoms with Crippen molar-refractivity contribution in [2.24, 2.45) is 0 Å². The number of aromatic carboxylic acids is 1. The first-order valence-corrected chi connectivity index (χ1v) is 6.30. The molecule has 102 valence electrons. The first-order valence-electron chi connectivity index (χ1n) is 6.30. The number of nitrogens with one attached hydrogen (secondary N) is 1. The van der Waals surface area contributed by atoms with Gasteiger partial charge in [-0.15, -0.1) is 0 Å². The number of rotatable bonds is 4. The number of hydrogen-bond acceptors (Lipinski definition) is 3. The van der Waals surface area contributed by atoms with Gasteiger partial charge in [-0.25, -0.2) is 4.79 Å². The lowest BCUT2D eigenvalue weighted by Crippen LogP contribution is -2.07. The standard InChI is InChI=1S/C13H18N4O2/c1-5-7(2)17-9(4)12(8(3)16-17)10-6-11(13(18)19)15-14-10/h6-7H,5H2,1-4H3,(H,14,15)(H,18,19)/t7-/m0/s1. The molecule has 0 spiro atoms. The summed E-state index contributed by atoms with van der Waals surface area (Å²) in [4.78, 5) is 10.9. The van der Waals surface area contributed by atoms with Crippen molar-refractivity contribution in [2.75, 3.05) is 0 Å². The Morgan fingerprint density at radius 1 is 1.53 bits per heavy atom. The van der Waals surface area contributed by atoms with Crippen LogP contribution >= 0.6 is 0 Å². The predicted octanol–water partition coefficient (Wildman–Crippen LogP) is 2.56. The Morgan fingerprint density at radius 2 is 2.21 bits per heavy atom. The van der Waals surface area contributed by atoms with E-state index >= 15 is 0 Å². The van der Waals surface area contributed by atoms with Gasteiger partial charge in [-0.3, -0.25) is 9.78 Å². The summed E-state index contributed by atoms with van der Waals surface area (Å²) in [5.41, 5.74) is 3.49. The van der Waals surface area contributed by atoms with Crippen molar-refractivity contribution < 1.29 is 9.90 Å². The first kappa shape index (κ1) is 13.3. The van der Waals surface area contributed by atoms with Crippen LogP contribution in [0.15, 0.2) is 6.07 Å². The van der Waals surface area contributed by atoms with Gasteiger partial charge in [-0.2, -0.15) is 10.2 Å². The average molecular weight is 262 g/mol. The normalized spacial score (nSPS) is 12.6. The van der Waals surface area contributed by atoms with Crippen LogP contribution in [0, 0.1) is 13.8 Å². The molecule has 2 rings (SSSR count). The summed E-state index contributed by atoms with van der Waals surface area (Å²) >= 11 is 0. The number of carboxylic acid groups (broad SMARTS) is 1. The highest BCUT2D eigenvalue weighted by molar-refractivity contribution is 5.87. The number of H-pyrrole nitrogens is 1. The maximum atomic E-state index is 10.9. The van der Waals surface area contributed by atoms with Crippen molar-refractivity contribution in [3.05, 3.63) is 23.1 Å². The van der Waals surface area contributed by atoms with Gasteiger partial charge in [0.25, 0.3) is 0 Å². The molecule has 0 bridgehead atoms. The van der Waals surface area contributed by atoms with E-state index in [2.05, 4.69) is 29.1 Å². The van der Waals surface area contributed by atoms with Crippen LogP contribution in [0.1, 0.15) is 48.2 Å². The number of aromatic nitrogens is 4. The van der Waals surface area contributed by atoms with Crippen LogP contribution in [0.4, 0.5) is 0 Å². The van der Waals surface area contributed by atoms with Crippen LogP contribution in [0.25, 0.3) is 11.3 Å². The average Bonchev–Trinajstić information content (AvgIpc) is 2.93. The van der Waals surface area contributed by atoms with Crippen molar-refractivity contribution in [2.45, 2.75) is 40.2 Å². The zero-order valence-corrected chi connectivity index (χ0v) is 11.6. The molecular formula is C13H18N4O2. The lowest BCUT2D eigenvalue weighted by atomic mass is 10.1. The molecule has 1 atom stereocenters. The molecule has 6 heteroatoms. The third kappa shape index (κ3) is 2.25. The summed E-state index contributed by atoms with van der Waals surface area (Å²) < 4.78 is 1.97. The van der Waals surface area contributed by atoms with E-state index in [0.717, 1.165) is 23.4 Å². The molecule has 2 aromatic heterocycles. The van der Waals surface area contributed by atoms with E-state index in [1.54, 1.807) is 6.07 Å². The Bertz CT molecular complexity index is 612. The number of aromatic amines is 1. The van der Waals surface area contributed by atoms with Gasteiger partial charge in [0.15, 0.2) is 0 Å². The van der Waals surface area contributed by atoms with Crippen molar-refractivity contribution >= 4 is 5.97 Å². The summed E-state index contributed by atoms with van der Waals surface area (Å²) in [6.07, 6.45) is 0.988. The fraction of sp³-hybridized carbons (Fsp3) is 0.462. The molecule has 2 N–H and O–H groups in total. The molecule has 0 aromatic carbocycles. The Kier molecular flexibility index (Phi) is 3.42. The number of nitrogens with zero attached hydrogens (tertiary/aromatic N) is 3. The molecular weight excluding hydrogens is 244 g/mol. The van der Waals surface area contributed by atoms with Gasteiger partial charge in [0, 0.05) is 17.3 Å². The van der Waals surface area contributed by atoms with E-state index in [-0.39, 0.29) is 5.69 Å². The van der Waals surface area contributed by atoms with Crippen LogP contribution in [0.3, 0.4) is 0 Å². The Hall–Kier alpha value is -2.11. The lowest BCUT2D eigenvalue weighted by molar-refractivity contribution is 0.0690. The van der Waals surface area contributed by atoms with Gasteiger partial charge < -0.3 is 5.11 Å². The van der Waals surface area contributed by atoms with Crippen LogP contribution in [0.2, 0.25) is 0 Å². The van der Waals surface area contributed by atoms with E-state index in [0.29, 0.717) is 11.7 Å². The van der Waals surface area contributed by atoms with Gasteiger partial charge >= 0.3 is 5.97 Å². The van der Waals surface area contributed by atoms with Crippen molar-refractivity contribution in [1.82, 2.24) is 20.0 Å². The van der Waals surface area contributed by atoms with E-state index < -0.39 is 5.97 Å². The highest BCUT2D eigenvalue weighted by atomic mass is 16.4. The highest BCUT2D eigenvalue weighted by Crippen LogP contribution is 2.28. The van der Waals surface area contributed by atoms with Crippen molar-refractivity contribution in [3.63, 3.8) is 0 Å². The quantitative estimate of drug-likeness (QED) is 0.886. The van der Waals surface area contributed by atoms with Gasteiger partial charge in [-0.05, 0) is 33.3 Å². The highest BCUT2D eigenvalue weighted by Gasteiger charge is 2.19. The number of carboxylic acids is 1. The molecule has 0 radical (unpaired) electrons. The molecule has 0 unspecified atom stereocenters. The molecule has 0 aliphatic carbocycles. The monoisotopic (exact) mass is 262 g/mol. The zero-order valence-electron chi connectivity index (χ0n) is 11.6. The van der Waals surface area contributed by atoms with E-state index in [1.165, 1.54) is 0 Å². The smallest absolute Gasteiger partial charge is 0.353 e. The van der Waals surface area contributed by atoms with Gasteiger partial charge in [0.05, 0.1) is 11.4 Å². The largest absolute Gasteiger partial charge is 0.477 e. The zero-order chi connectivity index (χ0) is 14.2. The maximum absolute atomic E-state index is 10.9. The van der Waals surface area contributed by atoms with E-state index in [4.69, 9.17) is 5.11 Å². The molecule has 0 saturated heterocycles. The number of carbonyl (C=O) groups is 1. The topological polar surface area (TPSA) is 83.8 Å². The summed E-state index contributed by atoms with van der Waals surface area (Å²) in [7, 11) is 0. The molecule has 0 aliphatic heterocycles. The Labute approximate surface area is 111 Å². The second kappa shape index (κ2) is 4.87. The minimum Gasteiger partial charge on any atom is -0.477 e. The number of hydrogen-bond donors (Lipinski definition) is 2. The van der Waals surface area contributed by atoms with Crippen molar-refractivity contribution in [3.8, 4) is 11.3 Å².